The van der Waals surface area contributed by atoms with E-state index in [4.69, 9.17) is 0 Å². The quantitative estimate of drug-likeness (QED) is 0.609. The fourth-order valence-corrected chi connectivity index (χ4v) is 1.34. The number of rotatable bonds is 1. The van der Waals surface area contributed by atoms with Gasteiger partial charge in [-0.2, -0.15) is 0 Å². The van der Waals surface area contributed by atoms with Crippen molar-refractivity contribution >= 4 is 5.91 Å². The van der Waals surface area contributed by atoms with Crippen molar-refractivity contribution in [3.05, 3.63) is 11.6 Å². The standard InChI is InChI=1S/C9H15NO.2C2H6/c1-3-9-5-4-6-10(7-9)8(2)11;2*1-2/h5H,3-4,6-7H2,1-2H3;2*1-2H3. The molecule has 0 fully saturated rings. The van der Waals surface area contributed by atoms with E-state index >= 15 is 0 Å². The molecule has 2 heteroatoms. The van der Waals surface area contributed by atoms with Crippen LogP contribution in [-0.4, -0.2) is 23.9 Å². The van der Waals surface area contributed by atoms with Gasteiger partial charge in [-0.15, -0.1) is 0 Å². The fraction of sp³-hybridized carbons (Fsp3) is 0.769. The molecule has 1 amide bonds. The highest BCUT2D eigenvalue weighted by molar-refractivity contribution is 5.73. The van der Waals surface area contributed by atoms with Gasteiger partial charge in [-0.1, -0.05) is 46.3 Å². The average molecular weight is 213 g/mol. The molecule has 0 unspecified atom stereocenters. The van der Waals surface area contributed by atoms with Crippen LogP contribution in [0.3, 0.4) is 0 Å². The van der Waals surface area contributed by atoms with Gasteiger partial charge in [0.15, 0.2) is 0 Å². The van der Waals surface area contributed by atoms with E-state index in [1.165, 1.54) is 5.57 Å². The van der Waals surface area contributed by atoms with E-state index in [2.05, 4.69) is 13.0 Å². The summed E-state index contributed by atoms with van der Waals surface area (Å²) in [6.07, 6.45) is 4.35. The van der Waals surface area contributed by atoms with Crippen molar-refractivity contribution in [2.24, 2.45) is 0 Å². The Hall–Kier alpha value is -0.790. The Labute approximate surface area is 95.4 Å². The molecule has 0 N–H and O–H groups in total. The second-order valence-corrected chi connectivity index (χ2v) is 2.95. The molecule has 1 heterocycles. The second-order valence-electron chi connectivity index (χ2n) is 2.95. The van der Waals surface area contributed by atoms with Gasteiger partial charge in [-0.3, -0.25) is 4.79 Å². The highest BCUT2D eigenvalue weighted by atomic mass is 16.2. The molecule has 2 nitrogen and oxygen atoms in total. The Morgan fingerprint density at radius 1 is 1.33 bits per heavy atom. The van der Waals surface area contributed by atoms with Crippen molar-refractivity contribution < 1.29 is 4.79 Å². The molecule has 1 rings (SSSR count). The first-order valence-electron chi connectivity index (χ1n) is 6.17. The normalized spacial score (nSPS) is 14.0. The molecule has 0 saturated heterocycles. The molecular formula is C13H27NO. The van der Waals surface area contributed by atoms with E-state index in [1.54, 1.807) is 6.92 Å². The average Bonchev–Trinajstić information content (AvgIpc) is 2.34. The molecular weight excluding hydrogens is 186 g/mol. The summed E-state index contributed by atoms with van der Waals surface area (Å²) in [5, 5.41) is 0. The van der Waals surface area contributed by atoms with Gasteiger partial charge in [0.2, 0.25) is 5.91 Å². The third-order valence-corrected chi connectivity index (χ3v) is 2.13. The summed E-state index contributed by atoms with van der Waals surface area (Å²) in [5.41, 5.74) is 1.39. The van der Waals surface area contributed by atoms with Crippen LogP contribution in [0.15, 0.2) is 11.6 Å². The van der Waals surface area contributed by atoms with Crippen LogP contribution >= 0.6 is 0 Å². The molecule has 0 saturated carbocycles. The van der Waals surface area contributed by atoms with Crippen molar-refractivity contribution in [3.63, 3.8) is 0 Å². The number of carbonyl (C=O) groups excluding carboxylic acids is 1. The minimum absolute atomic E-state index is 0.198. The second kappa shape index (κ2) is 11.3. The van der Waals surface area contributed by atoms with Crippen LogP contribution in [0, 0.1) is 0 Å². The van der Waals surface area contributed by atoms with Crippen molar-refractivity contribution in [1.82, 2.24) is 4.90 Å². The van der Waals surface area contributed by atoms with Gasteiger partial charge < -0.3 is 4.90 Å². The van der Waals surface area contributed by atoms with Gasteiger partial charge in [0.25, 0.3) is 0 Å². The molecule has 0 aliphatic carbocycles. The van der Waals surface area contributed by atoms with E-state index in [0.717, 1.165) is 25.9 Å². The minimum Gasteiger partial charge on any atom is -0.339 e. The predicted octanol–water partition coefficient (Wildman–Crippen LogP) is 3.63. The molecule has 0 radical (unpaired) electrons. The summed E-state index contributed by atoms with van der Waals surface area (Å²) >= 11 is 0. The van der Waals surface area contributed by atoms with Crippen molar-refractivity contribution in [3.8, 4) is 0 Å². The molecule has 0 atom stereocenters. The lowest BCUT2D eigenvalue weighted by atomic mass is 10.1. The largest absolute Gasteiger partial charge is 0.339 e. The SMILES string of the molecule is CC.CC.CCC1=CCCN(C(C)=O)C1. The zero-order valence-corrected chi connectivity index (χ0v) is 11.3. The summed E-state index contributed by atoms with van der Waals surface area (Å²) in [5.74, 6) is 0.198. The zero-order valence-electron chi connectivity index (χ0n) is 11.3. The van der Waals surface area contributed by atoms with Crippen LogP contribution < -0.4 is 0 Å². The molecule has 15 heavy (non-hydrogen) atoms. The molecule has 0 spiro atoms. The van der Waals surface area contributed by atoms with E-state index < -0.39 is 0 Å². The summed E-state index contributed by atoms with van der Waals surface area (Å²) in [4.78, 5) is 12.9. The first-order valence-corrected chi connectivity index (χ1v) is 6.17. The molecule has 0 aromatic carbocycles. The van der Waals surface area contributed by atoms with Gasteiger partial charge in [0.1, 0.15) is 0 Å². The molecule has 0 aromatic rings. The molecule has 1 aliphatic heterocycles. The number of carbonyl (C=O) groups is 1. The summed E-state index contributed by atoms with van der Waals surface area (Å²) < 4.78 is 0. The van der Waals surface area contributed by atoms with E-state index in [9.17, 15) is 4.79 Å². The van der Waals surface area contributed by atoms with Gasteiger partial charge in [0, 0.05) is 20.0 Å². The number of hydrogen-bond acceptors (Lipinski definition) is 1. The Morgan fingerprint density at radius 2 is 1.87 bits per heavy atom. The van der Waals surface area contributed by atoms with Gasteiger partial charge in [0.05, 0.1) is 0 Å². The topological polar surface area (TPSA) is 20.3 Å². The number of nitrogens with zero attached hydrogens (tertiary/aromatic N) is 1. The summed E-state index contributed by atoms with van der Waals surface area (Å²) in [6, 6.07) is 0. The van der Waals surface area contributed by atoms with Crippen molar-refractivity contribution in [1.29, 1.82) is 0 Å². The van der Waals surface area contributed by atoms with E-state index in [-0.39, 0.29) is 5.91 Å². The van der Waals surface area contributed by atoms with Crippen molar-refractivity contribution in [2.45, 2.75) is 54.4 Å². The fourth-order valence-electron chi connectivity index (χ4n) is 1.34. The zero-order chi connectivity index (χ0) is 12.3. The summed E-state index contributed by atoms with van der Waals surface area (Å²) in [6.45, 7) is 13.5. The smallest absolute Gasteiger partial charge is 0.219 e. The molecule has 90 valence electrons. The predicted molar refractivity (Wildman–Crippen MR) is 67.9 cm³/mol. The Balaban J connectivity index is 0. The molecule has 1 aliphatic rings. The van der Waals surface area contributed by atoms with Gasteiger partial charge in [-0.25, -0.2) is 0 Å². The van der Waals surface area contributed by atoms with E-state index in [0.29, 0.717) is 0 Å². The molecule has 0 aromatic heterocycles. The van der Waals surface area contributed by atoms with Crippen LogP contribution in [0.2, 0.25) is 0 Å². The van der Waals surface area contributed by atoms with Crippen LogP contribution in [-0.2, 0) is 4.79 Å². The lowest BCUT2D eigenvalue weighted by Crippen LogP contribution is -2.33. The van der Waals surface area contributed by atoms with Gasteiger partial charge in [-0.05, 0) is 12.8 Å². The third-order valence-electron chi connectivity index (χ3n) is 2.13. The third kappa shape index (κ3) is 7.18. The van der Waals surface area contributed by atoms with Crippen LogP contribution in [0.5, 0.6) is 0 Å². The van der Waals surface area contributed by atoms with Crippen molar-refractivity contribution in [2.75, 3.05) is 13.1 Å². The lowest BCUT2D eigenvalue weighted by molar-refractivity contribution is -0.128. The highest BCUT2D eigenvalue weighted by Crippen LogP contribution is 2.11. The highest BCUT2D eigenvalue weighted by Gasteiger charge is 2.12. The van der Waals surface area contributed by atoms with Gasteiger partial charge >= 0.3 is 0 Å². The Kier molecular flexibility index (Phi) is 12.5. The maximum absolute atomic E-state index is 11.0. The van der Waals surface area contributed by atoms with Crippen LogP contribution in [0.1, 0.15) is 54.4 Å². The summed E-state index contributed by atoms with van der Waals surface area (Å²) in [7, 11) is 0. The lowest BCUT2D eigenvalue weighted by Gasteiger charge is -2.25. The maximum Gasteiger partial charge on any atom is 0.219 e. The van der Waals surface area contributed by atoms with E-state index in [1.807, 2.05) is 32.6 Å². The van der Waals surface area contributed by atoms with Crippen LogP contribution in [0.4, 0.5) is 0 Å². The molecule has 0 bridgehead atoms. The Bertz CT molecular complexity index is 185. The number of hydrogen-bond donors (Lipinski definition) is 0. The Morgan fingerprint density at radius 3 is 2.27 bits per heavy atom. The monoisotopic (exact) mass is 213 g/mol. The first kappa shape index (κ1) is 16.6. The van der Waals surface area contributed by atoms with Crippen LogP contribution in [0.25, 0.3) is 0 Å². The first-order chi connectivity index (χ1) is 7.24. The minimum atomic E-state index is 0.198. The maximum atomic E-state index is 11.0. The number of amides is 1.